The number of rotatable bonds is 3. The molecule has 0 aliphatic heterocycles. The summed E-state index contributed by atoms with van der Waals surface area (Å²) in [5.41, 5.74) is 2.96. The molecule has 3 aromatic rings. The average Bonchev–Trinajstić information content (AvgIpc) is 3.05. The third-order valence-electron chi connectivity index (χ3n) is 3.42. The van der Waals surface area contributed by atoms with Gasteiger partial charge in [-0.05, 0) is 24.6 Å². The van der Waals surface area contributed by atoms with Gasteiger partial charge in [0, 0.05) is 29.2 Å². The standard InChI is InChI=1S/C16H13N5O/c1-2-13-12(7-11(8-17)16(22)21-13)14-9-19-15(20-14)10-3-5-18-6-4-10/h3-7,9H,2H2,1H3,(H,19,20)(H,21,22). The fourth-order valence-corrected chi connectivity index (χ4v) is 2.29. The average molecular weight is 291 g/mol. The third kappa shape index (κ3) is 2.40. The van der Waals surface area contributed by atoms with Gasteiger partial charge in [-0.1, -0.05) is 6.92 Å². The SMILES string of the molecule is CCc1[nH]c(=O)c(C#N)cc1-c1cnc(-c2ccncc2)[nH]1. The molecule has 6 nitrogen and oxygen atoms in total. The Bertz CT molecular complexity index is 902. The molecule has 0 fully saturated rings. The van der Waals surface area contributed by atoms with Crippen molar-refractivity contribution >= 4 is 0 Å². The predicted octanol–water partition coefficient (Wildman–Crippen LogP) is 2.26. The van der Waals surface area contributed by atoms with E-state index in [0.29, 0.717) is 12.2 Å². The quantitative estimate of drug-likeness (QED) is 0.773. The van der Waals surface area contributed by atoms with Crippen LogP contribution in [0.15, 0.2) is 41.6 Å². The molecule has 0 unspecified atom stereocenters. The van der Waals surface area contributed by atoms with E-state index in [2.05, 4.69) is 19.9 Å². The molecule has 0 amide bonds. The van der Waals surface area contributed by atoms with Crippen LogP contribution in [-0.2, 0) is 6.42 Å². The fourth-order valence-electron chi connectivity index (χ4n) is 2.29. The topological polar surface area (TPSA) is 98.2 Å². The minimum absolute atomic E-state index is 0.0901. The Morgan fingerprint density at radius 1 is 1.27 bits per heavy atom. The van der Waals surface area contributed by atoms with Crippen molar-refractivity contribution in [2.45, 2.75) is 13.3 Å². The summed E-state index contributed by atoms with van der Waals surface area (Å²) >= 11 is 0. The minimum atomic E-state index is -0.364. The van der Waals surface area contributed by atoms with Crippen LogP contribution >= 0.6 is 0 Å². The maximum Gasteiger partial charge on any atom is 0.266 e. The van der Waals surface area contributed by atoms with E-state index in [-0.39, 0.29) is 11.1 Å². The van der Waals surface area contributed by atoms with Crippen LogP contribution in [0.3, 0.4) is 0 Å². The lowest BCUT2D eigenvalue weighted by molar-refractivity contribution is 1.01. The summed E-state index contributed by atoms with van der Waals surface area (Å²) < 4.78 is 0. The van der Waals surface area contributed by atoms with Crippen LogP contribution in [0.5, 0.6) is 0 Å². The highest BCUT2D eigenvalue weighted by molar-refractivity contribution is 5.67. The molecule has 3 rings (SSSR count). The molecule has 0 aliphatic rings. The lowest BCUT2D eigenvalue weighted by Crippen LogP contribution is -2.13. The molecule has 22 heavy (non-hydrogen) atoms. The van der Waals surface area contributed by atoms with Gasteiger partial charge in [0.1, 0.15) is 17.5 Å². The summed E-state index contributed by atoms with van der Waals surface area (Å²) in [6.45, 7) is 1.95. The molecule has 0 atom stereocenters. The Hall–Kier alpha value is -3.20. The summed E-state index contributed by atoms with van der Waals surface area (Å²) in [7, 11) is 0. The Kier molecular flexibility index (Phi) is 3.54. The number of H-pyrrole nitrogens is 2. The van der Waals surface area contributed by atoms with Crippen LogP contribution in [0.1, 0.15) is 18.2 Å². The minimum Gasteiger partial charge on any atom is -0.338 e. The first-order valence-corrected chi connectivity index (χ1v) is 6.85. The summed E-state index contributed by atoms with van der Waals surface area (Å²) in [4.78, 5) is 26.0. The maximum atomic E-state index is 11.7. The number of nitrogens with zero attached hydrogens (tertiary/aromatic N) is 3. The molecular weight excluding hydrogens is 278 g/mol. The van der Waals surface area contributed by atoms with E-state index in [1.54, 1.807) is 24.7 Å². The summed E-state index contributed by atoms with van der Waals surface area (Å²) in [5, 5.41) is 9.03. The largest absolute Gasteiger partial charge is 0.338 e. The first-order chi connectivity index (χ1) is 10.7. The zero-order chi connectivity index (χ0) is 15.5. The molecule has 3 heterocycles. The Balaban J connectivity index is 2.11. The van der Waals surface area contributed by atoms with Crippen LogP contribution in [0.4, 0.5) is 0 Å². The van der Waals surface area contributed by atoms with E-state index in [9.17, 15) is 4.79 Å². The van der Waals surface area contributed by atoms with Gasteiger partial charge in [-0.3, -0.25) is 9.78 Å². The fraction of sp³-hybridized carbons (Fsp3) is 0.125. The summed E-state index contributed by atoms with van der Waals surface area (Å²) in [6.07, 6.45) is 5.75. The van der Waals surface area contributed by atoms with Gasteiger partial charge in [0.15, 0.2) is 0 Å². The number of aromatic nitrogens is 4. The third-order valence-corrected chi connectivity index (χ3v) is 3.42. The van der Waals surface area contributed by atoms with Gasteiger partial charge in [0.25, 0.3) is 5.56 Å². The predicted molar refractivity (Wildman–Crippen MR) is 82.0 cm³/mol. The molecule has 6 heteroatoms. The molecule has 0 bridgehead atoms. The number of aryl methyl sites for hydroxylation is 1. The van der Waals surface area contributed by atoms with Gasteiger partial charge < -0.3 is 9.97 Å². The molecule has 2 N–H and O–H groups in total. The van der Waals surface area contributed by atoms with Gasteiger partial charge in [-0.2, -0.15) is 5.26 Å². The lowest BCUT2D eigenvalue weighted by atomic mass is 10.1. The lowest BCUT2D eigenvalue weighted by Gasteiger charge is -2.06. The smallest absolute Gasteiger partial charge is 0.266 e. The molecule has 0 aliphatic carbocycles. The second-order valence-corrected chi connectivity index (χ2v) is 4.75. The molecule has 0 radical (unpaired) electrons. The maximum absolute atomic E-state index is 11.7. The van der Waals surface area contributed by atoms with Crippen LogP contribution in [-0.4, -0.2) is 19.9 Å². The molecule has 108 valence electrons. The van der Waals surface area contributed by atoms with Crippen LogP contribution in [0.2, 0.25) is 0 Å². The normalized spacial score (nSPS) is 10.4. The summed E-state index contributed by atoms with van der Waals surface area (Å²) in [5.74, 6) is 0.712. The number of hydrogen-bond acceptors (Lipinski definition) is 4. The Morgan fingerprint density at radius 2 is 2.05 bits per heavy atom. The first kappa shape index (κ1) is 13.8. The number of nitriles is 1. The van der Waals surface area contributed by atoms with Crippen molar-refractivity contribution < 1.29 is 0 Å². The second kappa shape index (κ2) is 5.66. The van der Waals surface area contributed by atoms with Gasteiger partial charge >= 0.3 is 0 Å². The molecule has 0 saturated heterocycles. The van der Waals surface area contributed by atoms with Gasteiger partial charge in [-0.15, -0.1) is 0 Å². The second-order valence-electron chi connectivity index (χ2n) is 4.75. The van der Waals surface area contributed by atoms with Crippen molar-refractivity contribution in [1.82, 2.24) is 19.9 Å². The van der Waals surface area contributed by atoms with E-state index in [1.807, 2.05) is 25.1 Å². The van der Waals surface area contributed by atoms with Crippen molar-refractivity contribution in [3.63, 3.8) is 0 Å². The number of imidazole rings is 1. The zero-order valence-corrected chi connectivity index (χ0v) is 11.9. The highest BCUT2D eigenvalue weighted by atomic mass is 16.1. The van der Waals surface area contributed by atoms with Crippen LogP contribution in [0, 0.1) is 11.3 Å². The van der Waals surface area contributed by atoms with Gasteiger partial charge in [0.05, 0.1) is 11.9 Å². The number of aromatic amines is 2. The molecule has 0 saturated carbocycles. The number of hydrogen-bond donors (Lipinski definition) is 2. The molecule has 0 spiro atoms. The van der Waals surface area contributed by atoms with E-state index in [4.69, 9.17) is 5.26 Å². The monoisotopic (exact) mass is 291 g/mol. The molecular formula is C16H13N5O. The van der Waals surface area contributed by atoms with E-state index in [1.165, 1.54) is 0 Å². The summed E-state index contributed by atoms with van der Waals surface area (Å²) in [6, 6.07) is 7.22. The number of pyridine rings is 2. The highest BCUT2D eigenvalue weighted by Gasteiger charge is 2.12. The first-order valence-electron chi connectivity index (χ1n) is 6.85. The van der Waals surface area contributed by atoms with Crippen molar-refractivity contribution in [2.24, 2.45) is 0 Å². The van der Waals surface area contributed by atoms with Gasteiger partial charge in [0.2, 0.25) is 0 Å². The van der Waals surface area contributed by atoms with Gasteiger partial charge in [-0.25, -0.2) is 4.98 Å². The molecule has 3 aromatic heterocycles. The van der Waals surface area contributed by atoms with Crippen molar-refractivity contribution in [3.05, 3.63) is 58.4 Å². The molecule has 0 aromatic carbocycles. The Morgan fingerprint density at radius 3 is 2.73 bits per heavy atom. The van der Waals surface area contributed by atoms with Crippen molar-refractivity contribution in [1.29, 1.82) is 5.26 Å². The highest BCUT2D eigenvalue weighted by Crippen LogP contribution is 2.24. The van der Waals surface area contributed by atoms with E-state index in [0.717, 1.165) is 22.5 Å². The Labute approximate surface area is 126 Å². The van der Waals surface area contributed by atoms with Crippen molar-refractivity contribution in [3.8, 4) is 28.7 Å². The zero-order valence-electron chi connectivity index (χ0n) is 11.9. The number of nitrogens with one attached hydrogen (secondary N) is 2. The van der Waals surface area contributed by atoms with Crippen molar-refractivity contribution in [2.75, 3.05) is 0 Å². The van der Waals surface area contributed by atoms with Crippen LogP contribution < -0.4 is 5.56 Å². The van der Waals surface area contributed by atoms with Crippen LogP contribution in [0.25, 0.3) is 22.6 Å². The van der Waals surface area contributed by atoms with E-state index < -0.39 is 0 Å². The van der Waals surface area contributed by atoms with E-state index >= 15 is 0 Å².